The van der Waals surface area contributed by atoms with Gasteiger partial charge in [-0.15, -0.1) is 0 Å². The number of carbonyl (C=O) groups excluding carboxylic acids is 2. The van der Waals surface area contributed by atoms with Crippen LogP contribution in [-0.2, 0) is 11.3 Å². The average molecular weight is 517 g/mol. The lowest BCUT2D eigenvalue weighted by molar-refractivity contribution is -0.123. The summed E-state index contributed by atoms with van der Waals surface area (Å²) >= 11 is 2.91. The van der Waals surface area contributed by atoms with Crippen molar-refractivity contribution >= 4 is 62.3 Å². The summed E-state index contributed by atoms with van der Waals surface area (Å²) < 4.78 is 5.76. The van der Waals surface area contributed by atoms with Gasteiger partial charge in [-0.2, -0.15) is 0 Å². The molecule has 3 aromatic carbocycles. The Morgan fingerprint density at radius 2 is 1.86 bits per heavy atom. The van der Waals surface area contributed by atoms with E-state index in [9.17, 15) is 14.7 Å². The number of thioether (sulfide) groups is 1. The fourth-order valence-corrected chi connectivity index (χ4v) is 4.60. The third-order valence-corrected chi connectivity index (χ3v) is 6.33. The SMILES string of the molecule is COc1cc(/C=C2\SC(=O)N(Cc3ccc4ccccc4c3)C2=O)cc(I)c1O. The highest BCUT2D eigenvalue weighted by Gasteiger charge is 2.35. The summed E-state index contributed by atoms with van der Waals surface area (Å²) in [7, 11) is 1.46. The third kappa shape index (κ3) is 3.97. The maximum atomic E-state index is 12.8. The molecule has 1 N–H and O–H groups in total. The number of methoxy groups -OCH3 is 1. The Morgan fingerprint density at radius 1 is 1.10 bits per heavy atom. The first-order chi connectivity index (χ1) is 14.0. The summed E-state index contributed by atoms with van der Waals surface area (Å²) in [6, 6.07) is 17.2. The number of rotatable bonds is 4. The largest absolute Gasteiger partial charge is 0.504 e. The van der Waals surface area contributed by atoms with Gasteiger partial charge in [0.15, 0.2) is 11.5 Å². The minimum absolute atomic E-state index is 0.0506. The number of nitrogens with zero attached hydrogens (tertiary/aromatic N) is 1. The Balaban J connectivity index is 1.60. The zero-order valence-corrected chi connectivity index (χ0v) is 18.4. The second-order valence-electron chi connectivity index (χ2n) is 6.50. The molecule has 0 aromatic heterocycles. The molecule has 0 radical (unpaired) electrons. The van der Waals surface area contributed by atoms with Crippen molar-refractivity contribution in [3.63, 3.8) is 0 Å². The van der Waals surface area contributed by atoms with E-state index in [-0.39, 0.29) is 23.4 Å². The van der Waals surface area contributed by atoms with Crippen LogP contribution in [-0.4, -0.2) is 28.3 Å². The first kappa shape index (κ1) is 19.8. The number of aromatic hydroxyl groups is 1. The monoisotopic (exact) mass is 517 g/mol. The minimum atomic E-state index is -0.324. The molecule has 0 aliphatic carbocycles. The lowest BCUT2D eigenvalue weighted by atomic mass is 10.1. The molecular formula is C22H16INO4S. The number of benzene rings is 3. The maximum absolute atomic E-state index is 12.8. The van der Waals surface area contributed by atoms with Crippen LogP contribution >= 0.6 is 34.4 Å². The van der Waals surface area contributed by atoms with Gasteiger partial charge in [-0.3, -0.25) is 14.5 Å². The number of fused-ring (bicyclic) bond motifs is 1. The maximum Gasteiger partial charge on any atom is 0.293 e. The molecule has 1 heterocycles. The fraction of sp³-hybridized carbons (Fsp3) is 0.0909. The van der Waals surface area contributed by atoms with Crippen molar-refractivity contribution < 1.29 is 19.4 Å². The van der Waals surface area contributed by atoms with Gasteiger partial charge in [-0.1, -0.05) is 36.4 Å². The lowest BCUT2D eigenvalue weighted by Crippen LogP contribution is -2.27. The van der Waals surface area contributed by atoms with Crippen molar-refractivity contribution in [1.82, 2.24) is 4.90 Å². The van der Waals surface area contributed by atoms with Crippen LogP contribution in [0, 0.1) is 3.57 Å². The standard InChI is InChI=1S/C22H16INO4S/c1-28-18-10-14(9-17(23)20(18)25)11-19-21(26)24(22(27)29-19)12-13-6-7-15-4-2-3-5-16(15)8-13/h2-11,25H,12H2,1H3/b19-11-. The molecule has 2 amide bonds. The van der Waals surface area contributed by atoms with Gasteiger partial charge in [0.25, 0.3) is 11.1 Å². The predicted molar refractivity (Wildman–Crippen MR) is 123 cm³/mol. The Labute approximate surface area is 185 Å². The summed E-state index contributed by atoms with van der Waals surface area (Å²) in [5.74, 6) is 0.0448. The van der Waals surface area contributed by atoms with Crippen LogP contribution in [0.1, 0.15) is 11.1 Å². The number of phenols is 1. The topological polar surface area (TPSA) is 66.8 Å². The predicted octanol–water partition coefficient (Wildman–Crippen LogP) is 5.40. The molecule has 0 saturated carbocycles. The summed E-state index contributed by atoms with van der Waals surface area (Å²) in [6.07, 6.45) is 1.65. The van der Waals surface area contributed by atoms with Gasteiger partial charge in [0.05, 0.1) is 22.1 Å². The Morgan fingerprint density at radius 3 is 2.62 bits per heavy atom. The molecule has 146 valence electrons. The molecule has 1 fully saturated rings. The van der Waals surface area contributed by atoms with E-state index in [2.05, 4.69) is 0 Å². The average Bonchev–Trinajstić information content (AvgIpc) is 2.97. The second-order valence-corrected chi connectivity index (χ2v) is 8.66. The van der Waals surface area contributed by atoms with Gasteiger partial charge < -0.3 is 9.84 Å². The van der Waals surface area contributed by atoms with Gasteiger partial charge >= 0.3 is 0 Å². The van der Waals surface area contributed by atoms with E-state index in [4.69, 9.17) is 4.74 Å². The molecule has 1 aliphatic heterocycles. The smallest absolute Gasteiger partial charge is 0.293 e. The third-order valence-electron chi connectivity index (χ3n) is 4.60. The van der Waals surface area contributed by atoms with E-state index in [0.29, 0.717) is 19.8 Å². The van der Waals surface area contributed by atoms with Gasteiger partial charge in [-0.25, -0.2) is 0 Å². The highest BCUT2D eigenvalue weighted by Crippen LogP contribution is 2.37. The lowest BCUT2D eigenvalue weighted by Gasteiger charge is -2.13. The van der Waals surface area contributed by atoms with Crippen molar-refractivity contribution in [1.29, 1.82) is 0 Å². The van der Waals surface area contributed by atoms with Crippen LogP contribution in [0.25, 0.3) is 16.8 Å². The van der Waals surface area contributed by atoms with E-state index >= 15 is 0 Å². The van der Waals surface area contributed by atoms with Crippen LogP contribution in [0.5, 0.6) is 11.5 Å². The number of ether oxygens (including phenoxy) is 1. The molecule has 1 aliphatic rings. The van der Waals surface area contributed by atoms with Crippen molar-refractivity contribution in [2.24, 2.45) is 0 Å². The van der Waals surface area contributed by atoms with Crippen LogP contribution < -0.4 is 4.74 Å². The number of imide groups is 1. The van der Waals surface area contributed by atoms with Gasteiger partial charge in [-0.05, 0) is 80.5 Å². The van der Waals surface area contributed by atoms with Crippen LogP contribution in [0.2, 0.25) is 0 Å². The van der Waals surface area contributed by atoms with Gasteiger partial charge in [0.1, 0.15) is 0 Å². The van der Waals surface area contributed by atoms with E-state index in [0.717, 1.165) is 28.1 Å². The molecule has 3 aromatic rings. The first-order valence-corrected chi connectivity index (χ1v) is 10.7. The zero-order valence-electron chi connectivity index (χ0n) is 15.4. The summed E-state index contributed by atoms with van der Waals surface area (Å²) in [4.78, 5) is 26.9. The summed E-state index contributed by atoms with van der Waals surface area (Å²) in [5.41, 5.74) is 1.58. The highest BCUT2D eigenvalue weighted by molar-refractivity contribution is 14.1. The molecule has 0 unspecified atom stereocenters. The van der Waals surface area contributed by atoms with E-state index < -0.39 is 0 Å². The Kier molecular flexibility index (Phi) is 5.51. The van der Waals surface area contributed by atoms with E-state index in [1.807, 2.05) is 65.1 Å². The quantitative estimate of drug-likeness (QED) is 0.371. The number of phenolic OH excluding ortho intramolecular Hbond substituents is 1. The van der Waals surface area contributed by atoms with Crippen LogP contribution in [0.3, 0.4) is 0 Å². The summed E-state index contributed by atoms with van der Waals surface area (Å²) in [5, 5.41) is 11.9. The highest BCUT2D eigenvalue weighted by atomic mass is 127. The minimum Gasteiger partial charge on any atom is -0.504 e. The molecule has 29 heavy (non-hydrogen) atoms. The molecule has 1 saturated heterocycles. The Hall–Kier alpha value is -2.52. The number of hydrogen-bond acceptors (Lipinski definition) is 5. The van der Waals surface area contributed by atoms with Crippen molar-refractivity contribution in [3.8, 4) is 11.5 Å². The molecule has 4 rings (SSSR count). The normalized spacial score (nSPS) is 15.5. The second kappa shape index (κ2) is 8.08. The number of carbonyl (C=O) groups is 2. The first-order valence-electron chi connectivity index (χ1n) is 8.76. The van der Waals surface area contributed by atoms with Gasteiger partial charge in [0, 0.05) is 0 Å². The van der Waals surface area contributed by atoms with Gasteiger partial charge in [0.2, 0.25) is 0 Å². The van der Waals surface area contributed by atoms with Crippen LogP contribution in [0.15, 0.2) is 59.5 Å². The molecule has 0 spiro atoms. The fourth-order valence-electron chi connectivity index (χ4n) is 3.14. The Bertz CT molecular complexity index is 1170. The molecule has 7 heteroatoms. The number of halogens is 1. The number of amides is 2. The van der Waals surface area contributed by atoms with Crippen molar-refractivity contribution in [2.45, 2.75) is 6.54 Å². The van der Waals surface area contributed by atoms with E-state index in [1.54, 1.807) is 18.2 Å². The van der Waals surface area contributed by atoms with Crippen molar-refractivity contribution in [3.05, 3.63) is 74.2 Å². The molecule has 0 bridgehead atoms. The molecular weight excluding hydrogens is 501 g/mol. The van der Waals surface area contributed by atoms with Crippen molar-refractivity contribution in [2.75, 3.05) is 7.11 Å². The zero-order chi connectivity index (χ0) is 20.5. The summed E-state index contributed by atoms with van der Waals surface area (Å²) in [6.45, 7) is 0.225. The molecule has 0 atom stereocenters. The number of hydrogen-bond donors (Lipinski definition) is 1. The molecule has 5 nitrogen and oxygen atoms in total. The van der Waals surface area contributed by atoms with E-state index in [1.165, 1.54) is 12.0 Å². The van der Waals surface area contributed by atoms with Crippen LogP contribution in [0.4, 0.5) is 4.79 Å².